The zero-order valence-electron chi connectivity index (χ0n) is 11.9. The Balaban J connectivity index is 2.00. The first-order valence-corrected chi connectivity index (χ1v) is 9.00. The van der Waals surface area contributed by atoms with Gasteiger partial charge >= 0.3 is 0 Å². The summed E-state index contributed by atoms with van der Waals surface area (Å²) in [6.45, 7) is 3.44. The minimum absolute atomic E-state index is 0.103. The minimum atomic E-state index is -3.42. The summed E-state index contributed by atoms with van der Waals surface area (Å²) in [4.78, 5) is 0.922. The van der Waals surface area contributed by atoms with Gasteiger partial charge in [-0.25, -0.2) is 13.1 Å². The van der Waals surface area contributed by atoms with Gasteiger partial charge in [0.25, 0.3) is 0 Å². The van der Waals surface area contributed by atoms with Crippen LogP contribution in [0.3, 0.4) is 0 Å². The van der Waals surface area contributed by atoms with Crippen molar-refractivity contribution in [2.45, 2.75) is 36.9 Å². The van der Waals surface area contributed by atoms with Crippen LogP contribution in [0.5, 0.6) is 0 Å². The van der Waals surface area contributed by atoms with Crippen molar-refractivity contribution in [3.8, 4) is 0 Å². The Bertz CT molecular complexity index is 562. The summed E-state index contributed by atoms with van der Waals surface area (Å²) in [6, 6.07) is 1.70. The van der Waals surface area contributed by atoms with Crippen LogP contribution in [0.4, 0.5) is 0 Å². The standard InChI is InChI=1S/C13H22N2O3S2/c1-10-7-12(19-11(10)8-14)20(16,17)15-9-13(3-4-13)5-6-18-2/h7,15H,3-6,8-9,14H2,1-2H3. The van der Waals surface area contributed by atoms with Crippen molar-refractivity contribution in [3.05, 3.63) is 16.5 Å². The summed E-state index contributed by atoms with van der Waals surface area (Å²) in [5.74, 6) is 0. The molecule has 0 atom stereocenters. The molecule has 7 heteroatoms. The molecular formula is C13H22N2O3S2. The molecule has 0 unspecified atom stereocenters. The van der Waals surface area contributed by atoms with E-state index >= 15 is 0 Å². The highest BCUT2D eigenvalue weighted by Gasteiger charge is 2.42. The van der Waals surface area contributed by atoms with Gasteiger partial charge in [0, 0.05) is 31.7 Å². The van der Waals surface area contributed by atoms with E-state index in [2.05, 4.69) is 4.72 Å². The summed E-state index contributed by atoms with van der Waals surface area (Å²) in [7, 11) is -1.75. The molecule has 1 aromatic rings. The number of thiophene rings is 1. The lowest BCUT2D eigenvalue weighted by atomic mass is 10.0. The van der Waals surface area contributed by atoms with Crippen molar-refractivity contribution < 1.29 is 13.2 Å². The average molecular weight is 318 g/mol. The molecule has 0 saturated heterocycles. The van der Waals surface area contributed by atoms with Gasteiger partial charge in [-0.1, -0.05) is 0 Å². The van der Waals surface area contributed by atoms with Crippen LogP contribution in [0, 0.1) is 12.3 Å². The molecule has 0 amide bonds. The van der Waals surface area contributed by atoms with Crippen LogP contribution in [0.2, 0.25) is 0 Å². The van der Waals surface area contributed by atoms with Gasteiger partial charge in [-0.3, -0.25) is 0 Å². The zero-order valence-corrected chi connectivity index (χ0v) is 13.6. The lowest BCUT2D eigenvalue weighted by Gasteiger charge is -2.15. The van der Waals surface area contributed by atoms with Gasteiger partial charge in [0.2, 0.25) is 10.0 Å². The Morgan fingerprint density at radius 1 is 1.50 bits per heavy atom. The van der Waals surface area contributed by atoms with Gasteiger partial charge in [-0.05, 0) is 43.2 Å². The van der Waals surface area contributed by atoms with E-state index in [1.807, 2.05) is 6.92 Å². The van der Waals surface area contributed by atoms with Crippen LogP contribution >= 0.6 is 11.3 Å². The van der Waals surface area contributed by atoms with Crippen molar-refractivity contribution >= 4 is 21.4 Å². The molecule has 0 spiro atoms. The Labute approximate surface area is 124 Å². The fourth-order valence-electron chi connectivity index (χ4n) is 2.15. The zero-order chi connectivity index (χ0) is 14.8. The molecule has 1 aliphatic rings. The van der Waals surface area contributed by atoms with Crippen molar-refractivity contribution in [2.75, 3.05) is 20.3 Å². The summed E-state index contributed by atoms with van der Waals surface area (Å²) in [5, 5.41) is 0. The third-order valence-electron chi connectivity index (χ3n) is 3.88. The SMILES string of the molecule is COCCC1(CNS(=O)(=O)c2cc(C)c(CN)s2)CC1. The maximum absolute atomic E-state index is 12.3. The van der Waals surface area contributed by atoms with Crippen LogP contribution in [0.15, 0.2) is 10.3 Å². The van der Waals surface area contributed by atoms with Crippen molar-refractivity contribution in [2.24, 2.45) is 11.1 Å². The van der Waals surface area contributed by atoms with Crippen LogP contribution in [0.1, 0.15) is 29.7 Å². The third-order valence-corrected chi connectivity index (χ3v) is 7.01. The maximum atomic E-state index is 12.3. The Hall–Kier alpha value is -0.470. The summed E-state index contributed by atoms with van der Waals surface area (Å²) in [5.41, 5.74) is 6.64. The number of nitrogens with one attached hydrogen (secondary N) is 1. The lowest BCUT2D eigenvalue weighted by molar-refractivity contribution is 0.173. The number of sulfonamides is 1. The van der Waals surface area contributed by atoms with Crippen LogP contribution in [-0.2, 0) is 21.3 Å². The molecule has 1 aromatic heterocycles. The van der Waals surface area contributed by atoms with E-state index < -0.39 is 10.0 Å². The molecular weight excluding hydrogens is 296 g/mol. The molecule has 0 aromatic carbocycles. The number of nitrogens with two attached hydrogens (primary N) is 1. The first kappa shape index (κ1) is 15.9. The summed E-state index contributed by atoms with van der Waals surface area (Å²) < 4.78 is 32.8. The van der Waals surface area contributed by atoms with E-state index in [-0.39, 0.29) is 5.41 Å². The van der Waals surface area contributed by atoms with Gasteiger partial charge in [0.05, 0.1) is 0 Å². The van der Waals surface area contributed by atoms with E-state index in [1.165, 1.54) is 11.3 Å². The quantitative estimate of drug-likeness (QED) is 0.763. The summed E-state index contributed by atoms with van der Waals surface area (Å²) >= 11 is 1.26. The highest BCUT2D eigenvalue weighted by Crippen LogP contribution is 2.48. The molecule has 3 N–H and O–H groups in total. The number of hydrogen-bond donors (Lipinski definition) is 2. The molecule has 2 rings (SSSR count). The van der Waals surface area contributed by atoms with Gasteiger partial charge in [0.1, 0.15) is 4.21 Å². The average Bonchev–Trinajstić information content (AvgIpc) is 3.09. The van der Waals surface area contributed by atoms with Crippen molar-refractivity contribution in [3.63, 3.8) is 0 Å². The van der Waals surface area contributed by atoms with Gasteiger partial charge < -0.3 is 10.5 Å². The fourth-order valence-corrected chi connectivity index (χ4v) is 4.82. The molecule has 20 heavy (non-hydrogen) atoms. The highest BCUT2D eigenvalue weighted by molar-refractivity contribution is 7.91. The van der Waals surface area contributed by atoms with Gasteiger partial charge in [0.15, 0.2) is 0 Å². The largest absolute Gasteiger partial charge is 0.385 e. The van der Waals surface area contributed by atoms with Crippen LogP contribution in [0.25, 0.3) is 0 Å². The molecule has 0 bridgehead atoms. The van der Waals surface area contributed by atoms with Crippen molar-refractivity contribution in [1.82, 2.24) is 4.72 Å². The predicted octanol–water partition coefficient (Wildman–Crippen LogP) is 1.61. The van der Waals surface area contributed by atoms with E-state index in [0.29, 0.717) is 23.9 Å². The predicted molar refractivity (Wildman–Crippen MR) is 80.3 cm³/mol. The Kier molecular flexibility index (Phi) is 4.86. The third kappa shape index (κ3) is 3.59. The Morgan fingerprint density at radius 2 is 2.20 bits per heavy atom. The van der Waals surface area contributed by atoms with E-state index in [4.69, 9.17) is 10.5 Å². The smallest absolute Gasteiger partial charge is 0.250 e. The van der Waals surface area contributed by atoms with Crippen LogP contribution in [-0.4, -0.2) is 28.7 Å². The maximum Gasteiger partial charge on any atom is 0.250 e. The highest BCUT2D eigenvalue weighted by atomic mass is 32.2. The Morgan fingerprint density at radius 3 is 2.70 bits per heavy atom. The van der Waals surface area contributed by atoms with Crippen LogP contribution < -0.4 is 10.5 Å². The lowest BCUT2D eigenvalue weighted by Crippen LogP contribution is -2.30. The number of aryl methyl sites for hydroxylation is 1. The normalized spacial score (nSPS) is 17.4. The summed E-state index contributed by atoms with van der Waals surface area (Å²) in [6.07, 6.45) is 3.04. The molecule has 1 saturated carbocycles. The van der Waals surface area contributed by atoms with E-state index in [1.54, 1.807) is 13.2 Å². The van der Waals surface area contributed by atoms with E-state index in [9.17, 15) is 8.42 Å². The molecule has 0 radical (unpaired) electrons. The number of hydrogen-bond acceptors (Lipinski definition) is 5. The molecule has 5 nitrogen and oxygen atoms in total. The first-order chi connectivity index (χ1) is 9.42. The fraction of sp³-hybridized carbons (Fsp3) is 0.692. The van der Waals surface area contributed by atoms with E-state index in [0.717, 1.165) is 29.7 Å². The van der Waals surface area contributed by atoms with Crippen molar-refractivity contribution in [1.29, 1.82) is 0 Å². The minimum Gasteiger partial charge on any atom is -0.385 e. The monoisotopic (exact) mass is 318 g/mol. The topological polar surface area (TPSA) is 81.4 Å². The molecule has 1 heterocycles. The first-order valence-electron chi connectivity index (χ1n) is 6.70. The second-order valence-corrected chi connectivity index (χ2v) is 8.57. The molecule has 1 fully saturated rings. The number of methoxy groups -OCH3 is 1. The molecule has 114 valence electrons. The number of ether oxygens (including phenoxy) is 1. The van der Waals surface area contributed by atoms with Gasteiger partial charge in [-0.15, -0.1) is 11.3 Å². The molecule has 0 aliphatic heterocycles. The second-order valence-electron chi connectivity index (χ2n) is 5.44. The molecule has 1 aliphatic carbocycles. The second kappa shape index (κ2) is 6.11. The van der Waals surface area contributed by atoms with Gasteiger partial charge in [-0.2, -0.15) is 0 Å². The number of rotatable bonds is 8.